The first-order valence-corrected chi connectivity index (χ1v) is 5.66. The van der Waals surface area contributed by atoms with E-state index in [4.69, 9.17) is 0 Å². The van der Waals surface area contributed by atoms with Crippen LogP contribution in [0.3, 0.4) is 0 Å². The summed E-state index contributed by atoms with van der Waals surface area (Å²) in [5, 5.41) is 14.3. The molecule has 3 nitrogen and oxygen atoms in total. The Kier molecular flexibility index (Phi) is 2.60. The molecule has 1 fully saturated rings. The fraction of sp³-hybridized carbons (Fsp3) is 0.667. The molecule has 0 unspecified atom stereocenters. The third kappa shape index (κ3) is 2.22. The van der Waals surface area contributed by atoms with Crippen molar-refractivity contribution in [2.75, 3.05) is 0 Å². The van der Waals surface area contributed by atoms with Gasteiger partial charge in [-0.15, -0.1) is 0 Å². The summed E-state index contributed by atoms with van der Waals surface area (Å²) in [6.07, 6.45) is 7.92. The maximum absolute atomic E-state index is 10.1. The Balaban J connectivity index is 2.04. The van der Waals surface area contributed by atoms with Crippen LogP contribution in [-0.2, 0) is 6.54 Å². The molecule has 1 N–H and O–H groups in total. The van der Waals surface area contributed by atoms with E-state index in [1.165, 1.54) is 0 Å². The molecule has 0 spiro atoms. The van der Waals surface area contributed by atoms with Crippen molar-refractivity contribution in [1.29, 1.82) is 0 Å². The summed E-state index contributed by atoms with van der Waals surface area (Å²) in [6, 6.07) is 0. The van der Waals surface area contributed by atoms with Crippen molar-refractivity contribution in [3.8, 4) is 0 Å². The summed E-state index contributed by atoms with van der Waals surface area (Å²) in [5.74, 6) is 0. The van der Waals surface area contributed by atoms with Crippen LogP contribution < -0.4 is 0 Å². The second-order valence-electron chi connectivity index (χ2n) is 3.79. The van der Waals surface area contributed by atoms with Gasteiger partial charge < -0.3 is 5.11 Å². The van der Waals surface area contributed by atoms with Crippen LogP contribution >= 0.6 is 22.6 Å². The predicted octanol–water partition coefficient (Wildman–Crippen LogP) is 1.79. The van der Waals surface area contributed by atoms with Crippen molar-refractivity contribution >= 4 is 22.6 Å². The minimum atomic E-state index is -0.491. The van der Waals surface area contributed by atoms with Crippen LogP contribution in [0, 0.1) is 3.57 Å². The van der Waals surface area contributed by atoms with E-state index in [2.05, 4.69) is 27.7 Å². The fourth-order valence-electron chi connectivity index (χ4n) is 1.92. The third-order valence-corrected chi connectivity index (χ3v) is 3.15. The van der Waals surface area contributed by atoms with Gasteiger partial charge in [0.05, 0.1) is 21.9 Å². The number of aliphatic hydroxyl groups is 1. The Morgan fingerprint density at radius 2 is 2.23 bits per heavy atom. The number of nitrogens with zero attached hydrogens (tertiary/aromatic N) is 2. The summed E-state index contributed by atoms with van der Waals surface area (Å²) in [7, 11) is 0. The van der Waals surface area contributed by atoms with Gasteiger partial charge in [0.1, 0.15) is 0 Å². The van der Waals surface area contributed by atoms with Crippen LogP contribution in [0.15, 0.2) is 12.4 Å². The standard InChI is InChI=1S/C9H13IN2O/c10-8-5-11-12(6-8)7-9(13)3-1-2-4-9/h5-6,13H,1-4,7H2. The molecule has 0 aliphatic heterocycles. The van der Waals surface area contributed by atoms with Crippen LogP contribution in [0.5, 0.6) is 0 Å². The minimum Gasteiger partial charge on any atom is -0.388 e. The molecule has 1 aliphatic rings. The Morgan fingerprint density at radius 3 is 2.77 bits per heavy atom. The van der Waals surface area contributed by atoms with E-state index in [0.29, 0.717) is 6.54 Å². The predicted molar refractivity (Wildman–Crippen MR) is 58.4 cm³/mol. The van der Waals surface area contributed by atoms with Crippen LogP contribution in [-0.4, -0.2) is 20.5 Å². The molecule has 2 rings (SSSR count). The lowest BCUT2D eigenvalue weighted by molar-refractivity contribution is 0.0265. The van der Waals surface area contributed by atoms with Crippen LogP contribution in [0.4, 0.5) is 0 Å². The number of hydrogen-bond donors (Lipinski definition) is 1. The molecule has 1 heterocycles. The Morgan fingerprint density at radius 1 is 1.54 bits per heavy atom. The molecule has 0 amide bonds. The van der Waals surface area contributed by atoms with Crippen molar-refractivity contribution in [2.24, 2.45) is 0 Å². The molecule has 1 aromatic rings. The van der Waals surface area contributed by atoms with Crippen molar-refractivity contribution in [1.82, 2.24) is 9.78 Å². The zero-order valence-corrected chi connectivity index (χ0v) is 9.57. The van der Waals surface area contributed by atoms with Crippen molar-refractivity contribution in [3.63, 3.8) is 0 Å². The Labute approximate surface area is 91.3 Å². The quantitative estimate of drug-likeness (QED) is 0.844. The molecular formula is C9H13IN2O. The van der Waals surface area contributed by atoms with Gasteiger partial charge >= 0.3 is 0 Å². The zero-order valence-electron chi connectivity index (χ0n) is 7.41. The molecule has 1 aliphatic carbocycles. The summed E-state index contributed by atoms with van der Waals surface area (Å²) in [6.45, 7) is 0.649. The van der Waals surface area contributed by atoms with Crippen molar-refractivity contribution < 1.29 is 5.11 Å². The highest BCUT2D eigenvalue weighted by molar-refractivity contribution is 14.1. The first-order chi connectivity index (χ1) is 6.18. The van der Waals surface area contributed by atoms with E-state index in [-0.39, 0.29) is 0 Å². The molecule has 0 bridgehead atoms. The SMILES string of the molecule is OC1(Cn2cc(I)cn2)CCCC1. The average Bonchev–Trinajstić information content (AvgIpc) is 2.62. The van der Waals surface area contributed by atoms with Gasteiger partial charge in [-0.2, -0.15) is 5.10 Å². The number of halogens is 1. The molecule has 0 atom stereocenters. The molecular weight excluding hydrogens is 279 g/mol. The molecule has 0 radical (unpaired) electrons. The van der Waals surface area contributed by atoms with E-state index >= 15 is 0 Å². The highest BCUT2D eigenvalue weighted by Gasteiger charge is 2.31. The normalized spacial score (nSPS) is 20.8. The Hall–Kier alpha value is -0.100. The molecule has 4 heteroatoms. The van der Waals surface area contributed by atoms with Crippen LogP contribution in [0.25, 0.3) is 0 Å². The topological polar surface area (TPSA) is 38.0 Å². The second-order valence-corrected chi connectivity index (χ2v) is 5.03. The smallest absolute Gasteiger partial charge is 0.0842 e. The minimum absolute atomic E-state index is 0.491. The molecule has 1 aromatic heterocycles. The number of rotatable bonds is 2. The lowest BCUT2D eigenvalue weighted by Gasteiger charge is -2.21. The van der Waals surface area contributed by atoms with Crippen LogP contribution in [0.1, 0.15) is 25.7 Å². The molecule has 72 valence electrons. The lowest BCUT2D eigenvalue weighted by atomic mass is 10.0. The first kappa shape index (κ1) is 9.45. The highest BCUT2D eigenvalue weighted by atomic mass is 127. The highest BCUT2D eigenvalue weighted by Crippen LogP contribution is 2.30. The van der Waals surface area contributed by atoms with E-state index in [1.54, 1.807) is 0 Å². The van der Waals surface area contributed by atoms with E-state index in [9.17, 15) is 5.11 Å². The van der Waals surface area contributed by atoms with E-state index < -0.39 is 5.60 Å². The Bertz CT molecular complexity index is 292. The molecule has 1 saturated carbocycles. The maximum Gasteiger partial charge on any atom is 0.0842 e. The van der Waals surface area contributed by atoms with Gasteiger partial charge in [0.25, 0.3) is 0 Å². The van der Waals surface area contributed by atoms with Gasteiger partial charge in [-0.25, -0.2) is 0 Å². The molecule has 0 saturated heterocycles. The monoisotopic (exact) mass is 292 g/mol. The molecule has 13 heavy (non-hydrogen) atoms. The average molecular weight is 292 g/mol. The van der Waals surface area contributed by atoms with Gasteiger partial charge in [-0.3, -0.25) is 4.68 Å². The van der Waals surface area contributed by atoms with Gasteiger partial charge in [0, 0.05) is 6.20 Å². The summed E-state index contributed by atoms with van der Waals surface area (Å²) < 4.78 is 2.96. The maximum atomic E-state index is 10.1. The number of aromatic nitrogens is 2. The van der Waals surface area contributed by atoms with Gasteiger partial charge in [-0.1, -0.05) is 12.8 Å². The third-order valence-electron chi connectivity index (χ3n) is 2.59. The van der Waals surface area contributed by atoms with Gasteiger partial charge in [-0.05, 0) is 35.4 Å². The van der Waals surface area contributed by atoms with E-state index in [0.717, 1.165) is 29.3 Å². The zero-order chi connectivity index (χ0) is 9.31. The van der Waals surface area contributed by atoms with Gasteiger partial charge in [0.15, 0.2) is 0 Å². The van der Waals surface area contributed by atoms with E-state index in [1.807, 2.05) is 17.1 Å². The lowest BCUT2D eigenvalue weighted by Crippen LogP contribution is -2.30. The second kappa shape index (κ2) is 3.57. The number of hydrogen-bond acceptors (Lipinski definition) is 2. The van der Waals surface area contributed by atoms with Crippen molar-refractivity contribution in [3.05, 3.63) is 16.0 Å². The summed E-state index contributed by atoms with van der Waals surface area (Å²) in [5.41, 5.74) is -0.491. The summed E-state index contributed by atoms with van der Waals surface area (Å²) in [4.78, 5) is 0. The first-order valence-electron chi connectivity index (χ1n) is 4.58. The summed E-state index contributed by atoms with van der Waals surface area (Å²) >= 11 is 2.23. The fourth-order valence-corrected chi connectivity index (χ4v) is 2.36. The van der Waals surface area contributed by atoms with Crippen molar-refractivity contribution in [2.45, 2.75) is 37.8 Å². The largest absolute Gasteiger partial charge is 0.388 e. The van der Waals surface area contributed by atoms with Gasteiger partial charge in [0.2, 0.25) is 0 Å². The van der Waals surface area contributed by atoms with Crippen LogP contribution in [0.2, 0.25) is 0 Å². The molecule has 0 aromatic carbocycles.